The molecule has 102 valence electrons. The topological polar surface area (TPSA) is 21.6 Å². The molecule has 19 heavy (non-hydrogen) atoms. The van der Waals surface area contributed by atoms with Gasteiger partial charge in [-0.25, -0.2) is 0 Å². The van der Waals surface area contributed by atoms with Crippen molar-refractivity contribution in [2.75, 3.05) is 6.54 Å². The van der Waals surface area contributed by atoms with E-state index in [2.05, 4.69) is 42.8 Å². The number of aliphatic imine (C=N–C) groups is 1. The van der Waals surface area contributed by atoms with Crippen LogP contribution in [-0.4, -0.2) is 12.4 Å². The molecule has 2 heteroatoms. The maximum Gasteiger partial charge on any atom is 0.196 e. The molecule has 1 aliphatic rings. The van der Waals surface area contributed by atoms with Crippen LogP contribution in [0.5, 0.6) is 0 Å². The molecule has 0 radical (unpaired) electrons. The molecule has 0 fully saturated rings. The molecule has 0 N–H and O–H groups in total. The van der Waals surface area contributed by atoms with Crippen molar-refractivity contribution in [2.45, 2.75) is 44.9 Å². The van der Waals surface area contributed by atoms with Crippen LogP contribution in [0, 0.1) is 0 Å². The van der Waals surface area contributed by atoms with Crippen molar-refractivity contribution in [3.8, 4) is 0 Å². The minimum atomic E-state index is 0.192. The molecule has 1 aliphatic heterocycles. The minimum absolute atomic E-state index is 0.192. The summed E-state index contributed by atoms with van der Waals surface area (Å²) in [7, 11) is 0. The quantitative estimate of drug-likeness (QED) is 0.753. The van der Waals surface area contributed by atoms with E-state index in [0.717, 1.165) is 31.0 Å². The number of hydrogen-bond donors (Lipinski definition) is 0. The highest BCUT2D eigenvalue weighted by atomic mass is 16.5. The fourth-order valence-electron chi connectivity index (χ4n) is 2.32. The maximum atomic E-state index is 5.90. The summed E-state index contributed by atoms with van der Waals surface area (Å²) in [6.45, 7) is 7.02. The normalized spacial score (nSPS) is 19.2. The molecule has 1 aromatic rings. The number of rotatable bonds is 2. The molecule has 0 spiro atoms. The van der Waals surface area contributed by atoms with Crippen molar-refractivity contribution >= 4 is 5.90 Å². The SMILES string of the molecule is C=C1CCCCCCN=C([C@H](C)c2ccccc2)O1. The van der Waals surface area contributed by atoms with Crippen LogP contribution in [0.3, 0.4) is 0 Å². The Labute approximate surface area is 116 Å². The Morgan fingerprint density at radius 2 is 1.84 bits per heavy atom. The zero-order valence-electron chi connectivity index (χ0n) is 11.8. The standard InChI is InChI=1S/C17H23NO/c1-14-10-6-3-4-9-13-18-17(19-14)15(2)16-11-7-5-8-12-16/h5,7-8,11-12,15H,1,3-4,6,9-10,13H2,2H3/t15-/m1/s1. The van der Waals surface area contributed by atoms with Crippen molar-refractivity contribution in [3.63, 3.8) is 0 Å². The van der Waals surface area contributed by atoms with Crippen LogP contribution in [0.2, 0.25) is 0 Å². The summed E-state index contributed by atoms with van der Waals surface area (Å²) in [5.74, 6) is 1.86. The number of hydrogen-bond acceptors (Lipinski definition) is 2. The first kappa shape index (κ1) is 13.9. The molecule has 0 aliphatic carbocycles. The van der Waals surface area contributed by atoms with Crippen LogP contribution in [0.25, 0.3) is 0 Å². The van der Waals surface area contributed by atoms with Crippen LogP contribution in [0.15, 0.2) is 47.7 Å². The van der Waals surface area contributed by atoms with Gasteiger partial charge in [-0.1, -0.05) is 49.8 Å². The first-order valence-electron chi connectivity index (χ1n) is 7.22. The van der Waals surface area contributed by atoms with Gasteiger partial charge in [0.25, 0.3) is 0 Å². The van der Waals surface area contributed by atoms with Crippen molar-refractivity contribution < 1.29 is 4.74 Å². The van der Waals surface area contributed by atoms with Gasteiger partial charge in [0.05, 0.1) is 11.7 Å². The number of nitrogens with zero attached hydrogens (tertiary/aromatic N) is 1. The van der Waals surface area contributed by atoms with E-state index >= 15 is 0 Å². The van der Waals surface area contributed by atoms with Gasteiger partial charge in [0.1, 0.15) is 0 Å². The molecule has 0 saturated carbocycles. The Hall–Kier alpha value is -1.57. The van der Waals surface area contributed by atoms with Gasteiger partial charge in [-0.3, -0.25) is 4.99 Å². The van der Waals surface area contributed by atoms with E-state index in [1.54, 1.807) is 0 Å². The van der Waals surface area contributed by atoms with Crippen LogP contribution >= 0.6 is 0 Å². The fraction of sp³-hybridized carbons (Fsp3) is 0.471. The van der Waals surface area contributed by atoms with Crippen LogP contribution in [-0.2, 0) is 4.74 Å². The predicted octanol–water partition coefficient (Wildman–Crippen LogP) is 4.68. The Bertz CT molecular complexity index is 436. The van der Waals surface area contributed by atoms with Gasteiger partial charge in [-0.05, 0) is 25.3 Å². The smallest absolute Gasteiger partial charge is 0.196 e. The highest BCUT2D eigenvalue weighted by Gasteiger charge is 2.16. The summed E-state index contributed by atoms with van der Waals surface area (Å²) in [5.41, 5.74) is 1.24. The van der Waals surface area contributed by atoms with Crippen molar-refractivity contribution in [3.05, 3.63) is 48.2 Å². The summed E-state index contributed by atoms with van der Waals surface area (Å²) in [6.07, 6.45) is 5.78. The molecule has 1 atom stereocenters. The molecule has 0 saturated heterocycles. The lowest BCUT2D eigenvalue weighted by Crippen LogP contribution is -2.15. The van der Waals surface area contributed by atoms with Gasteiger partial charge in [-0.15, -0.1) is 0 Å². The van der Waals surface area contributed by atoms with Gasteiger partial charge >= 0.3 is 0 Å². The van der Waals surface area contributed by atoms with E-state index in [-0.39, 0.29) is 5.92 Å². The van der Waals surface area contributed by atoms with E-state index < -0.39 is 0 Å². The Balaban J connectivity index is 2.13. The third kappa shape index (κ3) is 4.23. The first-order chi connectivity index (χ1) is 9.27. The summed E-state index contributed by atoms with van der Waals surface area (Å²) >= 11 is 0. The molecular weight excluding hydrogens is 234 g/mol. The molecule has 1 heterocycles. The molecule has 0 bridgehead atoms. The van der Waals surface area contributed by atoms with E-state index in [4.69, 9.17) is 4.74 Å². The molecular formula is C17H23NO. The fourth-order valence-corrected chi connectivity index (χ4v) is 2.32. The number of allylic oxidation sites excluding steroid dienone is 1. The van der Waals surface area contributed by atoms with E-state index in [0.29, 0.717) is 0 Å². The zero-order valence-corrected chi connectivity index (χ0v) is 11.8. The summed E-state index contributed by atoms with van der Waals surface area (Å²) in [5, 5.41) is 0. The molecule has 0 aromatic heterocycles. The lowest BCUT2D eigenvalue weighted by atomic mass is 10.0. The largest absolute Gasteiger partial charge is 0.448 e. The summed E-state index contributed by atoms with van der Waals surface area (Å²) in [4.78, 5) is 4.65. The van der Waals surface area contributed by atoms with E-state index in [1.165, 1.54) is 24.8 Å². The van der Waals surface area contributed by atoms with E-state index in [9.17, 15) is 0 Å². The lowest BCUT2D eigenvalue weighted by molar-refractivity contribution is 0.366. The Morgan fingerprint density at radius 3 is 2.63 bits per heavy atom. The van der Waals surface area contributed by atoms with Crippen LogP contribution < -0.4 is 0 Å². The first-order valence-corrected chi connectivity index (χ1v) is 7.22. The monoisotopic (exact) mass is 257 g/mol. The second-order valence-corrected chi connectivity index (χ2v) is 5.16. The van der Waals surface area contributed by atoms with E-state index in [1.807, 2.05) is 6.07 Å². The molecule has 2 nitrogen and oxygen atoms in total. The van der Waals surface area contributed by atoms with Crippen molar-refractivity contribution in [1.29, 1.82) is 0 Å². The van der Waals surface area contributed by atoms with Crippen LogP contribution in [0.4, 0.5) is 0 Å². The minimum Gasteiger partial charge on any atom is -0.448 e. The number of ether oxygens (including phenoxy) is 1. The third-order valence-corrected chi connectivity index (χ3v) is 3.55. The van der Waals surface area contributed by atoms with Gasteiger partial charge in [0.2, 0.25) is 0 Å². The van der Waals surface area contributed by atoms with Crippen molar-refractivity contribution in [2.24, 2.45) is 4.99 Å². The molecule has 0 unspecified atom stereocenters. The average Bonchev–Trinajstić information content (AvgIpc) is 2.45. The average molecular weight is 257 g/mol. The summed E-state index contributed by atoms with van der Waals surface area (Å²) < 4.78 is 5.90. The highest BCUT2D eigenvalue weighted by Crippen LogP contribution is 2.21. The predicted molar refractivity (Wildman–Crippen MR) is 80.5 cm³/mol. The maximum absolute atomic E-state index is 5.90. The third-order valence-electron chi connectivity index (χ3n) is 3.55. The van der Waals surface area contributed by atoms with Crippen LogP contribution in [0.1, 0.15) is 50.5 Å². The van der Waals surface area contributed by atoms with Crippen molar-refractivity contribution in [1.82, 2.24) is 0 Å². The second-order valence-electron chi connectivity index (χ2n) is 5.16. The Morgan fingerprint density at radius 1 is 1.11 bits per heavy atom. The molecule has 2 rings (SSSR count). The summed E-state index contributed by atoms with van der Waals surface area (Å²) in [6, 6.07) is 10.4. The van der Waals surface area contributed by atoms with Gasteiger partial charge in [0, 0.05) is 13.0 Å². The second kappa shape index (κ2) is 7.13. The molecule has 1 aromatic carbocycles. The lowest BCUT2D eigenvalue weighted by Gasteiger charge is -2.18. The Kier molecular flexibility index (Phi) is 5.20. The van der Waals surface area contributed by atoms with Gasteiger partial charge in [-0.2, -0.15) is 0 Å². The zero-order chi connectivity index (χ0) is 13.5. The van der Waals surface area contributed by atoms with Gasteiger partial charge in [0.15, 0.2) is 5.90 Å². The van der Waals surface area contributed by atoms with Gasteiger partial charge < -0.3 is 4.74 Å². The number of benzene rings is 1. The molecule has 0 amide bonds. The highest BCUT2D eigenvalue weighted by molar-refractivity contribution is 5.84.